The Kier molecular flexibility index (Phi) is 2.46. The molecular weight excluding hydrogens is 231 g/mol. The maximum Gasteiger partial charge on any atom is 0.296 e. The third kappa shape index (κ3) is 2.07. The summed E-state index contributed by atoms with van der Waals surface area (Å²) in [4.78, 5) is -0.339. The minimum absolute atomic E-state index is 0.0301. The van der Waals surface area contributed by atoms with Gasteiger partial charge >= 0.3 is 0 Å². The normalized spacial score (nSPS) is 11.9. The zero-order chi connectivity index (χ0) is 8.65. The van der Waals surface area contributed by atoms with Crippen LogP contribution in [0, 0.1) is 0 Å². The molecule has 11 heavy (non-hydrogen) atoms. The second-order valence-electron chi connectivity index (χ2n) is 1.66. The van der Waals surface area contributed by atoms with Crippen LogP contribution in [0.5, 0.6) is 0 Å². The van der Waals surface area contributed by atoms with E-state index in [9.17, 15) is 8.42 Å². The first-order valence-electron chi connectivity index (χ1n) is 2.33. The highest BCUT2D eigenvalue weighted by atomic mass is 35.5. The molecule has 0 unspecified atom stereocenters. The van der Waals surface area contributed by atoms with Gasteiger partial charge in [-0.05, 0) is 6.07 Å². The monoisotopic (exact) mass is 232 g/mol. The zero-order valence-electron chi connectivity index (χ0n) is 4.91. The fourth-order valence-corrected chi connectivity index (χ4v) is 3.11. The van der Waals surface area contributed by atoms with Gasteiger partial charge in [-0.25, -0.2) is 0 Å². The van der Waals surface area contributed by atoms with Crippen molar-refractivity contribution in [3.8, 4) is 0 Å². The van der Waals surface area contributed by atoms with Gasteiger partial charge in [-0.3, -0.25) is 4.55 Å². The molecule has 0 radical (unpaired) electrons. The summed E-state index contributed by atoms with van der Waals surface area (Å²) < 4.78 is 29.7. The number of hydrogen-bond donors (Lipinski definition) is 1. The number of thiophene rings is 1. The van der Waals surface area contributed by atoms with Gasteiger partial charge in [0.15, 0.2) is 0 Å². The first-order chi connectivity index (χ1) is 4.91. The predicted molar refractivity (Wildman–Crippen MR) is 44.2 cm³/mol. The van der Waals surface area contributed by atoms with Crippen molar-refractivity contribution in [1.29, 1.82) is 0 Å². The van der Waals surface area contributed by atoms with Gasteiger partial charge in [0.2, 0.25) is 0 Å². The largest absolute Gasteiger partial charge is 0.296 e. The lowest BCUT2D eigenvalue weighted by Crippen LogP contribution is -1.95. The average Bonchev–Trinajstić information content (AvgIpc) is 2.08. The van der Waals surface area contributed by atoms with Gasteiger partial charge < -0.3 is 0 Å². The molecule has 1 aromatic rings. The summed E-state index contributed by atoms with van der Waals surface area (Å²) in [6.07, 6.45) is 0. The van der Waals surface area contributed by atoms with Gasteiger partial charge in [0, 0.05) is 0 Å². The van der Waals surface area contributed by atoms with Crippen molar-refractivity contribution in [3.05, 3.63) is 14.7 Å². The lowest BCUT2D eigenvalue weighted by atomic mass is 10.7. The molecule has 0 bridgehead atoms. The second-order valence-corrected chi connectivity index (χ2v) is 5.34. The van der Waals surface area contributed by atoms with Gasteiger partial charge in [0.1, 0.15) is 9.23 Å². The van der Waals surface area contributed by atoms with Crippen LogP contribution >= 0.6 is 34.5 Å². The topological polar surface area (TPSA) is 54.4 Å². The maximum atomic E-state index is 10.5. The van der Waals surface area contributed by atoms with E-state index in [2.05, 4.69) is 0 Å². The van der Waals surface area contributed by atoms with Crippen molar-refractivity contribution in [1.82, 2.24) is 0 Å². The van der Waals surface area contributed by atoms with Gasteiger partial charge in [0.25, 0.3) is 10.1 Å². The third-order valence-electron chi connectivity index (χ3n) is 0.903. The standard InChI is InChI=1S/C4H2Cl2O3S2/c5-3-1-2(4(6)10-3)11(7,8)9/h1H,(H,7,8,9). The van der Waals surface area contributed by atoms with Crippen molar-refractivity contribution in [2.45, 2.75) is 4.90 Å². The molecular formula is C4H2Cl2O3S2. The summed E-state index contributed by atoms with van der Waals surface area (Å²) in [7, 11) is -4.22. The quantitative estimate of drug-likeness (QED) is 0.757. The average molecular weight is 233 g/mol. The van der Waals surface area contributed by atoms with Gasteiger partial charge in [-0.15, -0.1) is 11.3 Å². The highest BCUT2D eigenvalue weighted by Crippen LogP contribution is 2.33. The highest BCUT2D eigenvalue weighted by molar-refractivity contribution is 7.86. The zero-order valence-corrected chi connectivity index (χ0v) is 8.06. The van der Waals surface area contributed by atoms with E-state index in [1.54, 1.807) is 0 Å². The van der Waals surface area contributed by atoms with E-state index in [4.69, 9.17) is 27.8 Å². The Balaban J connectivity index is 3.36. The van der Waals surface area contributed by atoms with Gasteiger partial charge in [0.05, 0.1) is 4.34 Å². The van der Waals surface area contributed by atoms with Crippen molar-refractivity contribution < 1.29 is 13.0 Å². The minimum Gasteiger partial charge on any atom is -0.282 e. The van der Waals surface area contributed by atoms with Crippen LogP contribution in [-0.4, -0.2) is 13.0 Å². The van der Waals surface area contributed by atoms with E-state index in [0.717, 1.165) is 17.4 Å². The van der Waals surface area contributed by atoms with Crippen molar-refractivity contribution in [2.24, 2.45) is 0 Å². The minimum atomic E-state index is -4.22. The van der Waals surface area contributed by atoms with Crippen LogP contribution in [0.2, 0.25) is 8.67 Å². The lowest BCUT2D eigenvalue weighted by molar-refractivity contribution is 0.483. The highest BCUT2D eigenvalue weighted by Gasteiger charge is 2.17. The molecule has 0 saturated carbocycles. The smallest absolute Gasteiger partial charge is 0.282 e. The molecule has 0 aliphatic rings. The fourth-order valence-electron chi connectivity index (χ4n) is 0.501. The molecule has 7 heteroatoms. The molecule has 0 aliphatic carbocycles. The molecule has 0 aromatic carbocycles. The summed E-state index contributed by atoms with van der Waals surface area (Å²) >= 11 is 11.7. The van der Waals surface area contributed by atoms with E-state index >= 15 is 0 Å². The first kappa shape index (κ1) is 9.28. The van der Waals surface area contributed by atoms with Crippen molar-refractivity contribution in [3.63, 3.8) is 0 Å². The number of hydrogen-bond acceptors (Lipinski definition) is 3. The fraction of sp³-hybridized carbons (Fsp3) is 0. The molecule has 62 valence electrons. The van der Waals surface area contributed by atoms with Gasteiger partial charge in [-0.1, -0.05) is 23.2 Å². The van der Waals surface area contributed by atoms with E-state index < -0.39 is 10.1 Å². The third-order valence-corrected chi connectivity index (χ3v) is 3.51. The number of rotatable bonds is 1. The van der Waals surface area contributed by atoms with E-state index in [-0.39, 0.29) is 13.6 Å². The molecule has 1 aromatic heterocycles. The van der Waals surface area contributed by atoms with Crippen molar-refractivity contribution >= 4 is 44.7 Å². The Bertz CT molecular complexity index is 367. The molecule has 1 N–H and O–H groups in total. The summed E-state index contributed by atoms with van der Waals surface area (Å²) in [5.41, 5.74) is 0. The van der Waals surface area contributed by atoms with Crippen LogP contribution in [0.25, 0.3) is 0 Å². The molecule has 0 amide bonds. The maximum absolute atomic E-state index is 10.5. The Morgan fingerprint density at radius 3 is 2.18 bits per heavy atom. The summed E-state index contributed by atoms with van der Waals surface area (Å²) in [6.45, 7) is 0. The van der Waals surface area contributed by atoms with Crippen LogP contribution in [-0.2, 0) is 10.1 Å². The molecule has 0 atom stereocenters. The Morgan fingerprint density at radius 2 is 2.00 bits per heavy atom. The molecule has 1 heterocycles. The van der Waals surface area contributed by atoms with Crippen LogP contribution < -0.4 is 0 Å². The lowest BCUT2D eigenvalue weighted by Gasteiger charge is -1.89. The molecule has 0 aliphatic heterocycles. The molecule has 0 fully saturated rings. The van der Waals surface area contributed by atoms with Crippen LogP contribution in [0.3, 0.4) is 0 Å². The van der Waals surface area contributed by atoms with E-state index in [1.165, 1.54) is 0 Å². The second kappa shape index (κ2) is 2.91. The van der Waals surface area contributed by atoms with Crippen LogP contribution in [0.1, 0.15) is 0 Å². The van der Waals surface area contributed by atoms with E-state index in [0.29, 0.717) is 0 Å². The summed E-state index contributed by atoms with van der Waals surface area (Å²) in [6, 6.07) is 1.10. The molecule has 1 rings (SSSR count). The van der Waals surface area contributed by atoms with Crippen LogP contribution in [0.4, 0.5) is 0 Å². The Hall–Kier alpha value is 0.190. The summed E-state index contributed by atoms with van der Waals surface area (Å²) in [5.74, 6) is 0. The predicted octanol–water partition coefficient (Wildman–Crippen LogP) is 2.30. The Labute approximate surface area is 77.3 Å². The molecule has 0 spiro atoms. The van der Waals surface area contributed by atoms with Gasteiger partial charge in [-0.2, -0.15) is 8.42 Å². The van der Waals surface area contributed by atoms with Crippen LogP contribution in [0.15, 0.2) is 11.0 Å². The SMILES string of the molecule is O=S(=O)(O)c1cc(Cl)sc1Cl. The first-order valence-corrected chi connectivity index (χ1v) is 5.35. The number of halogens is 2. The van der Waals surface area contributed by atoms with Crippen molar-refractivity contribution in [2.75, 3.05) is 0 Å². The Morgan fingerprint density at radius 1 is 1.45 bits per heavy atom. The summed E-state index contributed by atoms with van der Waals surface area (Å²) in [5, 5.41) is 0. The molecule has 0 saturated heterocycles. The van der Waals surface area contributed by atoms with E-state index in [1.807, 2.05) is 0 Å². The molecule has 3 nitrogen and oxygen atoms in total.